The van der Waals surface area contributed by atoms with E-state index >= 15 is 0 Å². The highest BCUT2D eigenvalue weighted by molar-refractivity contribution is 6.09. The van der Waals surface area contributed by atoms with Crippen LogP contribution in [0.1, 0.15) is 54.9 Å². The van der Waals surface area contributed by atoms with Gasteiger partial charge in [0.25, 0.3) is 11.8 Å². The number of carbonyl (C=O) groups is 4. The first-order valence-electron chi connectivity index (χ1n) is 11.7. The number of piperazine rings is 1. The number of imide groups is 1. The third kappa shape index (κ3) is 4.45. The molecule has 2 saturated heterocycles. The normalized spacial score (nSPS) is 25.5. The number of rotatable bonds is 4. The van der Waals surface area contributed by atoms with Crippen LogP contribution in [-0.2, 0) is 9.59 Å². The molecule has 178 valence electrons. The molecule has 9 heteroatoms. The van der Waals surface area contributed by atoms with Crippen LogP contribution in [0.2, 0.25) is 0 Å². The molecule has 1 aromatic carbocycles. The Morgan fingerprint density at radius 3 is 2.33 bits per heavy atom. The lowest BCUT2D eigenvalue weighted by Gasteiger charge is -2.36. The van der Waals surface area contributed by atoms with Gasteiger partial charge in [-0.05, 0) is 56.2 Å². The van der Waals surface area contributed by atoms with Crippen LogP contribution >= 0.6 is 0 Å². The number of benzene rings is 1. The Balaban J connectivity index is 1.32. The number of carbonyl (C=O) groups excluding carboxylic acids is 4. The van der Waals surface area contributed by atoms with Crippen LogP contribution in [0.4, 0.5) is 9.18 Å². The van der Waals surface area contributed by atoms with Gasteiger partial charge < -0.3 is 15.1 Å². The summed E-state index contributed by atoms with van der Waals surface area (Å²) in [5.74, 6) is -0.743. The zero-order valence-corrected chi connectivity index (χ0v) is 19.2. The Hall–Kier alpha value is -2.97. The Bertz CT molecular complexity index is 965. The van der Waals surface area contributed by atoms with Crippen LogP contribution in [0.5, 0.6) is 0 Å². The molecule has 0 aromatic heterocycles. The molecular weight excluding hydrogens is 427 g/mol. The van der Waals surface area contributed by atoms with Crippen molar-refractivity contribution < 1.29 is 23.6 Å². The molecule has 2 heterocycles. The molecule has 1 aliphatic carbocycles. The second-order valence-electron chi connectivity index (χ2n) is 9.39. The smallest absolute Gasteiger partial charge is 0.325 e. The molecule has 5 amide bonds. The lowest BCUT2D eigenvalue weighted by Crippen LogP contribution is -2.53. The molecule has 33 heavy (non-hydrogen) atoms. The Morgan fingerprint density at radius 2 is 1.73 bits per heavy atom. The van der Waals surface area contributed by atoms with E-state index in [1.54, 1.807) is 28.9 Å². The maximum absolute atomic E-state index is 13.8. The van der Waals surface area contributed by atoms with Crippen molar-refractivity contribution in [3.63, 3.8) is 0 Å². The van der Waals surface area contributed by atoms with E-state index in [9.17, 15) is 23.6 Å². The fraction of sp³-hybridized carbons (Fsp3) is 0.583. The number of amides is 5. The summed E-state index contributed by atoms with van der Waals surface area (Å²) in [6.45, 7) is 4.69. The van der Waals surface area contributed by atoms with Crippen molar-refractivity contribution in [1.82, 2.24) is 20.0 Å². The van der Waals surface area contributed by atoms with Gasteiger partial charge in [0.15, 0.2) is 0 Å². The standard InChI is InChI=1S/C24H31FN4O4/c1-3-17-6-8-24(9-7-17)22(32)29(23(33)26-24)15-20(30)27-10-12-28(13-11-27)21(31)18-5-4-16(2)19(25)14-18/h4-5,14,17H,3,6-13,15H2,1-2H3,(H,26,33). The molecule has 2 aliphatic heterocycles. The minimum atomic E-state index is -0.864. The van der Waals surface area contributed by atoms with Crippen molar-refractivity contribution in [1.29, 1.82) is 0 Å². The number of urea groups is 1. The quantitative estimate of drug-likeness (QED) is 0.701. The van der Waals surface area contributed by atoms with E-state index in [1.165, 1.54) is 6.07 Å². The molecular formula is C24H31FN4O4. The monoisotopic (exact) mass is 458 g/mol. The first-order chi connectivity index (χ1) is 15.7. The highest BCUT2D eigenvalue weighted by Gasteiger charge is 2.52. The Morgan fingerprint density at radius 1 is 1.09 bits per heavy atom. The predicted molar refractivity (Wildman–Crippen MR) is 119 cm³/mol. The van der Waals surface area contributed by atoms with Crippen LogP contribution in [0, 0.1) is 18.7 Å². The minimum Gasteiger partial charge on any atom is -0.338 e. The van der Waals surface area contributed by atoms with Gasteiger partial charge in [0.05, 0.1) is 0 Å². The minimum absolute atomic E-state index is 0.278. The van der Waals surface area contributed by atoms with Crippen molar-refractivity contribution in [2.24, 2.45) is 5.92 Å². The molecule has 0 bridgehead atoms. The summed E-state index contributed by atoms with van der Waals surface area (Å²) >= 11 is 0. The van der Waals surface area contributed by atoms with Gasteiger partial charge >= 0.3 is 6.03 Å². The second kappa shape index (κ2) is 9.11. The van der Waals surface area contributed by atoms with E-state index in [1.807, 2.05) is 0 Å². The van der Waals surface area contributed by atoms with Crippen LogP contribution < -0.4 is 5.32 Å². The first-order valence-corrected chi connectivity index (χ1v) is 11.7. The first kappa shape index (κ1) is 23.2. The number of nitrogens with zero attached hydrogens (tertiary/aromatic N) is 3. The number of hydrogen-bond donors (Lipinski definition) is 1. The molecule has 3 fully saturated rings. The summed E-state index contributed by atoms with van der Waals surface area (Å²) in [6.07, 6.45) is 4.08. The molecule has 1 saturated carbocycles. The highest BCUT2D eigenvalue weighted by Crippen LogP contribution is 2.37. The highest BCUT2D eigenvalue weighted by atomic mass is 19.1. The number of hydrogen-bond acceptors (Lipinski definition) is 4. The molecule has 1 aromatic rings. The predicted octanol–water partition coefficient (Wildman–Crippen LogP) is 2.31. The summed E-state index contributed by atoms with van der Waals surface area (Å²) in [6, 6.07) is 3.90. The van der Waals surface area contributed by atoms with Crippen molar-refractivity contribution in [3.05, 3.63) is 35.1 Å². The van der Waals surface area contributed by atoms with Gasteiger partial charge in [0.1, 0.15) is 17.9 Å². The van der Waals surface area contributed by atoms with E-state index in [0.29, 0.717) is 50.5 Å². The molecule has 0 atom stereocenters. The van der Waals surface area contributed by atoms with Crippen LogP contribution in [0.25, 0.3) is 0 Å². The fourth-order valence-corrected chi connectivity index (χ4v) is 5.04. The molecule has 0 unspecified atom stereocenters. The Kier molecular flexibility index (Phi) is 6.41. The maximum atomic E-state index is 13.8. The lowest BCUT2D eigenvalue weighted by molar-refractivity contribution is -0.140. The van der Waals surface area contributed by atoms with Crippen molar-refractivity contribution in [3.8, 4) is 0 Å². The number of halogens is 1. The lowest BCUT2D eigenvalue weighted by atomic mass is 9.75. The van der Waals surface area contributed by atoms with Crippen LogP contribution in [0.15, 0.2) is 18.2 Å². The molecule has 1 spiro atoms. The van der Waals surface area contributed by atoms with E-state index < -0.39 is 17.4 Å². The van der Waals surface area contributed by atoms with Gasteiger partial charge in [-0.2, -0.15) is 0 Å². The van der Waals surface area contributed by atoms with Crippen molar-refractivity contribution in [2.45, 2.75) is 51.5 Å². The van der Waals surface area contributed by atoms with Crippen molar-refractivity contribution >= 4 is 23.8 Å². The van der Waals surface area contributed by atoms with Gasteiger partial charge in [0, 0.05) is 31.7 Å². The average molecular weight is 459 g/mol. The third-order valence-electron chi connectivity index (χ3n) is 7.41. The van der Waals surface area contributed by atoms with Gasteiger partial charge in [-0.3, -0.25) is 19.3 Å². The molecule has 0 radical (unpaired) electrons. The Labute approximate surface area is 193 Å². The second-order valence-corrected chi connectivity index (χ2v) is 9.39. The van der Waals surface area contributed by atoms with Gasteiger partial charge in [0.2, 0.25) is 5.91 Å². The molecule has 1 N–H and O–H groups in total. The number of aryl methyl sites for hydroxylation is 1. The summed E-state index contributed by atoms with van der Waals surface area (Å²) in [7, 11) is 0. The molecule has 8 nitrogen and oxygen atoms in total. The fourth-order valence-electron chi connectivity index (χ4n) is 5.04. The van der Waals surface area contributed by atoms with E-state index in [2.05, 4.69) is 12.2 Å². The van der Waals surface area contributed by atoms with Gasteiger partial charge in [-0.25, -0.2) is 9.18 Å². The van der Waals surface area contributed by atoms with E-state index in [-0.39, 0.29) is 29.8 Å². The summed E-state index contributed by atoms with van der Waals surface area (Å²) in [5.41, 5.74) is -0.111. The zero-order valence-electron chi connectivity index (χ0n) is 19.2. The van der Waals surface area contributed by atoms with Gasteiger partial charge in [-0.1, -0.05) is 19.4 Å². The van der Waals surface area contributed by atoms with Crippen LogP contribution in [-0.4, -0.2) is 76.7 Å². The van der Waals surface area contributed by atoms with E-state index in [0.717, 1.165) is 24.2 Å². The average Bonchev–Trinajstić information content (AvgIpc) is 3.05. The van der Waals surface area contributed by atoms with E-state index in [4.69, 9.17) is 0 Å². The topological polar surface area (TPSA) is 90.0 Å². The largest absolute Gasteiger partial charge is 0.338 e. The third-order valence-corrected chi connectivity index (χ3v) is 7.41. The molecule has 3 aliphatic rings. The molecule has 4 rings (SSSR count). The number of nitrogens with one attached hydrogen (secondary N) is 1. The van der Waals surface area contributed by atoms with Crippen molar-refractivity contribution in [2.75, 3.05) is 32.7 Å². The van der Waals surface area contributed by atoms with Crippen LogP contribution in [0.3, 0.4) is 0 Å². The summed E-state index contributed by atoms with van der Waals surface area (Å²) in [5, 5.41) is 2.85. The maximum Gasteiger partial charge on any atom is 0.325 e. The SMILES string of the molecule is CCC1CCC2(CC1)NC(=O)N(CC(=O)N1CCN(C(=O)c3ccc(C)c(F)c3)CC1)C2=O. The summed E-state index contributed by atoms with van der Waals surface area (Å²) in [4.78, 5) is 55.3. The zero-order chi connectivity index (χ0) is 23.8. The van der Waals surface area contributed by atoms with Gasteiger partial charge in [-0.15, -0.1) is 0 Å². The summed E-state index contributed by atoms with van der Waals surface area (Å²) < 4.78 is 13.8.